The van der Waals surface area contributed by atoms with E-state index < -0.39 is 0 Å². The Morgan fingerprint density at radius 2 is 1.80 bits per heavy atom. The van der Waals surface area contributed by atoms with Crippen molar-refractivity contribution < 1.29 is 9.53 Å². The van der Waals surface area contributed by atoms with Gasteiger partial charge in [-0.2, -0.15) is 0 Å². The van der Waals surface area contributed by atoms with Crippen molar-refractivity contribution in [3.8, 4) is 5.75 Å². The zero-order valence-electron chi connectivity index (χ0n) is 16.9. The number of amides is 1. The number of aromatic nitrogens is 3. The molecule has 0 bridgehead atoms. The summed E-state index contributed by atoms with van der Waals surface area (Å²) in [6.07, 6.45) is 0. The number of nitrogens with zero attached hydrogens (tertiary/aromatic N) is 3. The molecular weight excluding hydrogens is 443 g/mol. The standard InChI is InChI=1S/C21H22Cl2N4O2S/c1-13(2)14-7-9-15(10-8-14)29-11-18-25-26-21(27(18)3)30-12-19(28)24-20-16(22)5-4-6-17(20)23/h4-10,13H,11-12H2,1-3H3,(H,24,28). The van der Waals surface area contributed by atoms with E-state index in [1.165, 1.54) is 17.3 Å². The van der Waals surface area contributed by atoms with Crippen molar-refractivity contribution in [1.82, 2.24) is 14.8 Å². The summed E-state index contributed by atoms with van der Waals surface area (Å²) >= 11 is 13.4. The third-order valence-corrected chi connectivity index (χ3v) is 6.05. The molecule has 6 nitrogen and oxygen atoms in total. The second-order valence-electron chi connectivity index (χ2n) is 6.90. The number of nitrogens with one attached hydrogen (secondary N) is 1. The Labute approximate surface area is 189 Å². The number of benzene rings is 2. The number of ether oxygens (including phenoxy) is 1. The third kappa shape index (κ3) is 5.68. The van der Waals surface area contributed by atoms with Gasteiger partial charge in [0.1, 0.15) is 12.4 Å². The fourth-order valence-corrected chi connectivity index (χ4v) is 3.84. The van der Waals surface area contributed by atoms with Crippen LogP contribution in [-0.2, 0) is 18.4 Å². The van der Waals surface area contributed by atoms with Gasteiger partial charge in [0.05, 0.1) is 21.5 Å². The van der Waals surface area contributed by atoms with E-state index in [2.05, 4.69) is 41.5 Å². The number of rotatable bonds is 8. The van der Waals surface area contributed by atoms with Gasteiger partial charge in [0.25, 0.3) is 0 Å². The van der Waals surface area contributed by atoms with Crippen LogP contribution in [0.3, 0.4) is 0 Å². The average Bonchev–Trinajstić information content (AvgIpc) is 3.07. The van der Waals surface area contributed by atoms with Crippen LogP contribution in [0.15, 0.2) is 47.6 Å². The van der Waals surface area contributed by atoms with Crippen molar-refractivity contribution in [2.45, 2.75) is 31.5 Å². The first-order chi connectivity index (χ1) is 14.3. The van der Waals surface area contributed by atoms with Crippen LogP contribution in [-0.4, -0.2) is 26.4 Å². The Hall–Kier alpha value is -2.22. The molecule has 0 fully saturated rings. The molecule has 158 valence electrons. The van der Waals surface area contributed by atoms with Gasteiger partial charge in [-0.25, -0.2) is 0 Å². The molecule has 0 atom stereocenters. The third-order valence-electron chi connectivity index (χ3n) is 4.40. The summed E-state index contributed by atoms with van der Waals surface area (Å²) < 4.78 is 7.62. The lowest BCUT2D eigenvalue weighted by molar-refractivity contribution is -0.113. The van der Waals surface area contributed by atoms with Gasteiger partial charge in [0, 0.05) is 7.05 Å². The molecule has 1 N–H and O–H groups in total. The Kier molecular flexibility index (Phi) is 7.64. The van der Waals surface area contributed by atoms with Crippen LogP contribution in [0.2, 0.25) is 10.0 Å². The number of hydrogen-bond acceptors (Lipinski definition) is 5. The van der Waals surface area contributed by atoms with Crippen LogP contribution >= 0.6 is 35.0 Å². The van der Waals surface area contributed by atoms with Crippen LogP contribution in [0.25, 0.3) is 0 Å². The van der Waals surface area contributed by atoms with Crippen molar-refractivity contribution in [3.05, 3.63) is 63.9 Å². The lowest BCUT2D eigenvalue weighted by atomic mass is 10.0. The number of carbonyl (C=O) groups is 1. The monoisotopic (exact) mass is 464 g/mol. The van der Waals surface area contributed by atoms with E-state index in [-0.39, 0.29) is 18.3 Å². The molecule has 2 aromatic carbocycles. The second-order valence-corrected chi connectivity index (χ2v) is 8.66. The highest BCUT2D eigenvalue weighted by Crippen LogP contribution is 2.30. The van der Waals surface area contributed by atoms with Crippen molar-refractivity contribution in [2.75, 3.05) is 11.1 Å². The molecule has 0 aliphatic heterocycles. The Bertz CT molecular complexity index is 1000. The molecule has 0 unspecified atom stereocenters. The molecular formula is C21H22Cl2N4O2S. The van der Waals surface area contributed by atoms with Crippen molar-refractivity contribution >= 4 is 46.6 Å². The van der Waals surface area contributed by atoms with Crippen LogP contribution in [0.4, 0.5) is 5.69 Å². The molecule has 30 heavy (non-hydrogen) atoms. The van der Waals surface area contributed by atoms with E-state index in [0.717, 1.165) is 5.75 Å². The maximum atomic E-state index is 12.3. The second kappa shape index (κ2) is 10.2. The van der Waals surface area contributed by atoms with E-state index in [9.17, 15) is 4.79 Å². The van der Waals surface area contributed by atoms with E-state index >= 15 is 0 Å². The van der Waals surface area contributed by atoms with Gasteiger partial charge in [0.2, 0.25) is 5.91 Å². The zero-order valence-corrected chi connectivity index (χ0v) is 19.2. The minimum Gasteiger partial charge on any atom is -0.486 e. The molecule has 0 saturated carbocycles. The lowest BCUT2D eigenvalue weighted by Gasteiger charge is -2.09. The molecule has 9 heteroatoms. The molecule has 3 rings (SSSR count). The summed E-state index contributed by atoms with van der Waals surface area (Å²) in [6, 6.07) is 13.1. The van der Waals surface area contributed by atoms with Crippen LogP contribution in [0.1, 0.15) is 31.2 Å². The molecule has 1 heterocycles. The van der Waals surface area contributed by atoms with E-state index in [1.807, 2.05) is 23.7 Å². The predicted octanol–water partition coefficient (Wildman–Crippen LogP) is 5.56. The van der Waals surface area contributed by atoms with Crippen molar-refractivity contribution in [1.29, 1.82) is 0 Å². The molecule has 0 radical (unpaired) electrons. The van der Waals surface area contributed by atoms with Gasteiger partial charge in [-0.15, -0.1) is 10.2 Å². The highest BCUT2D eigenvalue weighted by molar-refractivity contribution is 7.99. The molecule has 0 aliphatic rings. The first-order valence-corrected chi connectivity index (χ1v) is 11.1. The number of hydrogen-bond donors (Lipinski definition) is 1. The van der Waals surface area contributed by atoms with E-state index in [4.69, 9.17) is 27.9 Å². The summed E-state index contributed by atoms with van der Waals surface area (Å²) in [5.74, 6) is 1.82. The molecule has 0 spiro atoms. The van der Waals surface area contributed by atoms with Crippen LogP contribution in [0, 0.1) is 0 Å². The van der Waals surface area contributed by atoms with Crippen LogP contribution < -0.4 is 10.1 Å². The average molecular weight is 465 g/mol. The Morgan fingerprint density at radius 3 is 2.43 bits per heavy atom. The lowest BCUT2D eigenvalue weighted by Crippen LogP contribution is -2.15. The molecule has 0 aliphatic carbocycles. The summed E-state index contributed by atoms with van der Waals surface area (Å²) in [5, 5.41) is 12.4. The SMILES string of the molecule is CC(C)c1ccc(OCc2nnc(SCC(=O)Nc3c(Cl)cccc3Cl)n2C)cc1. The van der Waals surface area contributed by atoms with Gasteiger partial charge >= 0.3 is 0 Å². The molecule has 0 saturated heterocycles. The fourth-order valence-electron chi connectivity index (χ4n) is 2.62. The number of anilines is 1. The van der Waals surface area contributed by atoms with E-state index in [1.54, 1.807) is 18.2 Å². The minimum atomic E-state index is -0.235. The number of thioether (sulfide) groups is 1. The summed E-state index contributed by atoms with van der Waals surface area (Å²) in [7, 11) is 1.84. The molecule has 1 aromatic heterocycles. The van der Waals surface area contributed by atoms with Crippen molar-refractivity contribution in [2.24, 2.45) is 7.05 Å². The molecule has 1 amide bonds. The summed E-state index contributed by atoms with van der Waals surface area (Å²) in [4.78, 5) is 12.3. The fraction of sp³-hybridized carbons (Fsp3) is 0.286. The normalized spacial score (nSPS) is 11.0. The number of halogens is 2. The summed E-state index contributed by atoms with van der Waals surface area (Å²) in [6.45, 7) is 4.59. The van der Waals surface area contributed by atoms with Gasteiger partial charge in [-0.3, -0.25) is 4.79 Å². The van der Waals surface area contributed by atoms with Crippen molar-refractivity contribution in [3.63, 3.8) is 0 Å². The summed E-state index contributed by atoms with van der Waals surface area (Å²) in [5.41, 5.74) is 1.66. The number of carbonyl (C=O) groups excluding carboxylic acids is 1. The largest absolute Gasteiger partial charge is 0.486 e. The highest BCUT2D eigenvalue weighted by atomic mass is 35.5. The van der Waals surface area contributed by atoms with Gasteiger partial charge < -0.3 is 14.6 Å². The van der Waals surface area contributed by atoms with E-state index in [0.29, 0.717) is 32.6 Å². The topological polar surface area (TPSA) is 69.0 Å². The van der Waals surface area contributed by atoms with Gasteiger partial charge in [0.15, 0.2) is 11.0 Å². The first kappa shape index (κ1) is 22.5. The van der Waals surface area contributed by atoms with Gasteiger partial charge in [-0.1, -0.05) is 67.0 Å². The number of para-hydroxylation sites is 1. The predicted molar refractivity (Wildman–Crippen MR) is 122 cm³/mol. The smallest absolute Gasteiger partial charge is 0.234 e. The first-order valence-electron chi connectivity index (χ1n) is 9.33. The van der Waals surface area contributed by atoms with Crippen LogP contribution in [0.5, 0.6) is 5.75 Å². The Morgan fingerprint density at radius 1 is 1.13 bits per heavy atom. The quantitative estimate of drug-likeness (QED) is 0.442. The zero-order chi connectivity index (χ0) is 21.7. The highest BCUT2D eigenvalue weighted by Gasteiger charge is 2.14. The maximum Gasteiger partial charge on any atom is 0.234 e. The molecule has 3 aromatic rings. The minimum absolute atomic E-state index is 0.144. The Balaban J connectivity index is 1.54. The maximum absolute atomic E-state index is 12.3. The van der Waals surface area contributed by atoms with Gasteiger partial charge in [-0.05, 0) is 35.7 Å².